The maximum atomic E-state index is 12.5. The van der Waals surface area contributed by atoms with Crippen molar-refractivity contribution in [3.8, 4) is 5.75 Å². The fraction of sp³-hybridized carbons (Fsp3) is 0.667. The van der Waals surface area contributed by atoms with Gasteiger partial charge in [-0.25, -0.2) is 4.79 Å². The average molecular weight is 462 g/mol. The molecule has 4 N–H and O–H groups in total. The normalized spacial score (nSPS) is 26.6. The van der Waals surface area contributed by atoms with Crippen molar-refractivity contribution in [3.63, 3.8) is 0 Å². The molecule has 33 heavy (non-hydrogen) atoms. The van der Waals surface area contributed by atoms with E-state index < -0.39 is 6.10 Å². The van der Waals surface area contributed by atoms with Crippen LogP contribution in [0.25, 0.3) is 0 Å². The first kappa shape index (κ1) is 23.8. The number of anilines is 1. The summed E-state index contributed by atoms with van der Waals surface area (Å²) in [5.74, 6) is 0.599. The van der Waals surface area contributed by atoms with Gasteiger partial charge in [0.05, 0.1) is 25.7 Å². The molecule has 2 aliphatic heterocycles. The zero-order chi connectivity index (χ0) is 23.2. The number of hydrogen-bond donors (Lipinski definition) is 4. The fourth-order valence-electron chi connectivity index (χ4n) is 5.14. The highest BCUT2D eigenvalue weighted by atomic mass is 16.6. The molecule has 1 saturated carbocycles. The molecule has 9 nitrogen and oxygen atoms in total. The Bertz CT molecular complexity index is 828. The number of carbonyl (C=O) groups excluding carboxylic acids is 2. The van der Waals surface area contributed by atoms with Gasteiger partial charge in [0.15, 0.2) is 0 Å². The zero-order valence-corrected chi connectivity index (χ0v) is 19.2. The quantitative estimate of drug-likeness (QED) is 0.441. The molecule has 1 aliphatic carbocycles. The predicted molar refractivity (Wildman–Crippen MR) is 122 cm³/mol. The van der Waals surface area contributed by atoms with E-state index in [4.69, 9.17) is 14.2 Å². The van der Waals surface area contributed by atoms with E-state index in [2.05, 4.69) is 16.0 Å². The van der Waals surface area contributed by atoms with Crippen LogP contribution in [0.2, 0.25) is 0 Å². The third kappa shape index (κ3) is 5.96. The first-order valence-corrected chi connectivity index (χ1v) is 12.0. The molecule has 4 atom stereocenters. The molecule has 3 amide bonds. The number of fused-ring (bicyclic) bond motifs is 3. The Kier molecular flexibility index (Phi) is 8.06. The number of hydrogen-bond acceptors (Lipinski definition) is 6. The average Bonchev–Trinajstić information content (AvgIpc) is 3.17. The van der Waals surface area contributed by atoms with Crippen LogP contribution in [0.1, 0.15) is 56.4 Å². The molecule has 182 valence electrons. The molecule has 1 saturated heterocycles. The molecule has 0 radical (unpaired) electrons. The number of methoxy groups -OCH3 is 1. The van der Waals surface area contributed by atoms with Gasteiger partial charge in [-0.2, -0.15) is 0 Å². The summed E-state index contributed by atoms with van der Waals surface area (Å²) in [5.41, 5.74) is 1.68. The lowest BCUT2D eigenvalue weighted by Crippen LogP contribution is -2.47. The van der Waals surface area contributed by atoms with Gasteiger partial charge in [-0.1, -0.05) is 19.3 Å². The number of carbonyl (C=O) groups is 2. The second-order valence-corrected chi connectivity index (χ2v) is 9.14. The summed E-state index contributed by atoms with van der Waals surface area (Å²) in [6.45, 7) is 0.708. The number of urea groups is 1. The van der Waals surface area contributed by atoms with E-state index in [-0.39, 0.29) is 49.1 Å². The summed E-state index contributed by atoms with van der Waals surface area (Å²) in [5, 5.41) is 18.7. The van der Waals surface area contributed by atoms with Crippen LogP contribution in [0, 0.1) is 0 Å². The van der Waals surface area contributed by atoms with E-state index in [1.165, 1.54) is 6.42 Å². The number of rotatable bonds is 8. The molecule has 2 heterocycles. The molecule has 9 heteroatoms. The summed E-state index contributed by atoms with van der Waals surface area (Å²) in [6, 6.07) is 5.66. The number of ether oxygens (including phenoxy) is 3. The van der Waals surface area contributed by atoms with E-state index in [9.17, 15) is 14.7 Å². The minimum Gasteiger partial charge on any atom is -0.487 e. The third-order valence-electron chi connectivity index (χ3n) is 6.74. The molecular formula is C24H35N3O6. The van der Waals surface area contributed by atoms with Crippen molar-refractivity contribution in [2.75, 3.05) is 32.2 Å². The standard InChI is InChI=1S/C24H35N3O6/c1-31-10-9-25-22(29)13-17-12-19-18-11-16(27-24(30)26-15-5-3-2-4-6-15)7-8-20(18)33-23(19)21(14-28)32-17/h7-8,11,15,17,19,21,23,28H,2-6,9-10,12-14H2,1H3,(H,25,29)(H2,26,27,30)/t17-,19-,21-,23+/m1/s1. The Morgan fingerprint density at radius 1 is 1.21 bits per heavy atom. The molecule has 0 aromatic heterocycles. The highest BCUT2D eigenvalue weighted by Crippen LogP contribution is 2.47. The van der Waals surface area contributed by atoms with Gasteiger partial charge in [-0.3, -0.25) is 4.79 Å². The molecule has 2 fully saturated rings. The van der Waals surface area contributed by atoms with Crippen LogP contribution in [-0.4, -0.2) is 68.3 Å². The molecule has 1 aromatic carbocycles. The third-order valence-corrected chi connectivity index (χ3v) is 6.74. The van der Waals surface area contributed by atoms with Gasteiger partial charge in [-0.15, -0.1) is 0 Å². The zero-order valence-electron chi connectivity index (χ0n) is 19.2. The van der Waals surface area contributed by atoms with Crippen molar-refractivity contribution in [2.24, 2.45) is 0 Å². The molecule has 3 aliphatic rings. The van der Waals surface area contributed by atoms with Gasteiger partial charge < -0.3 is 35.3 Å². The maximum absolute atomic E-state index is 12.5. The molecule has 4 rings (SSSR count). The monoisotopic (exact) mass is 461 g/mol. The lowest BCUT2D eigenvalue weighted by atomic mass is 9.84. The Morgan fingerprint density at radius 3 is 2.79 bits per heavy atom. The van der Waals surface area contributed by atoms with E-state index >= 15 is 0 Å². The van der Waals surface area contributed by atoms with Gasteiger partial charge in [0.25, 0.3) is 0 Å². The van der Waals surface area contributed by atoms with Crippen molar-refractivity contribution < 1.29 is 28.9 Å². The first-order chi connectivity index (χ1) is 16.1. The van der Waals surface area contributed by atoms with Gasteiger partial charge in [-0.05, 0) is 37.5 Å². The van der Waals surface area contributed by atoms with Crippen LogP contribution in [0.15, 0.2) is 18.2 Å². The van der Waals surface area contributed by atoms with Gasteiger partial charge in [0.2, 0.25) is 5.91 Å². The summed E-state index contributed by atoms with van der Waals surface area (Å²) in [4.78, 5) is 24.7. The van der Waals surface area contributed by atoms with E-state index in [0.717, 1.165) is 37.0 Å². The first-order valence-electron chi connectivity index (χ1n) is 12.0. The second kappa shape index (κ2) is 11.2. The summed E-state index contributed by atoms with van der Waals surface area (Å²) in [7, 11) is 1.59. The Balaban J connectivity index is 1.40. The van der Waals surface area contributed by atoms with Crippen molar-refractivity contribution in [1.82, 2.24) is 10.6 Å². The van der Waals surface area contributed by atoms with E-state index in [0.29, 0.717) is 25.3 Å². The number of amides is 3. The van der Waals surface area contributed by atoms with Gasteiger partial charge in [0.1, 0.15) is 18.0 Å². The van der Waals surface area contributed by atoms with Crippen LogP contribution in [0.5, 0.6) is 5.75 Å². The van der Waals surface area contributed by atoms with Crippen LogP contribution in [-0.2, 0) is 14.3 Å². The minimum atomic E-state index is -0.515. The number of aliphatic hydroxyl groups is 1. The van der Waals surface area contributed by atoms with Crippen molar-refractivity contribution in [3.05, 3.63) is 23.8 Å². The molecule has 0 bridgehead atoms. The molecule has 0 unspecified atom stereocenters. The van der Waals surface area contributed by atoms with Gasteiger partial charge in [0, 0.05) is 36.9 Å². The van der Waals surface area contributed by atoms with Crippen molar-refractivity contribution >= 4 is 17.6 Å². The summed E-state index contributed by atoms with van der Waals surface area (Å²) < 4.78 is 17.1. The smallest absolute Gasteiger partial charge is 0.319 e. The number of benzene rings is 1. The Hall–Kier alpha value is -2.36. The maximum Gasteiger partial charge on any atom is 0.319 e. The van der Waals surface area contributed by atoms with Crippen LogP contribution < -0.4 is 20.7 Å². The van der Waals surface area contributed by atoms with Crippen molar-refractivity contribution in [1.29, 1.82) is 0 Å². The SMILES string of the molecule is COCCNC(=O)C[C@H]1C[C@@H]2c3cc(NC(=O)NC4CCCCC4)ccc3O[C@@H]2[C@@H](CO)O1. The molecule has 1 aromatic rings. The number of nitrogens with one attached hydrogen (secondary N) is 3. The molecule has 0 spiro atoms. The van der Waals surface area contributed by atoms with E-state index in [1.54, 1.807) is 7.11 Å². The largest absolute Gasteiger partial charge is 0.487 e. The summed E-state index contributed by atoms with van der Waals surface area (Å²) >= 11 is 0. The van der Waals surface area contributed by atoms with Crippen LogP contribution in [0.4, 0.5) is 10.5 Å². The molecular weight excluding hydrogens is 426 g/mol. The minimum absolute atomic E-state index is 0.0224. The number of aliphatic hydroxyl groups excluding tert-OH is 1. The Morgan fingerprint density at radius 2 is 2.03 bits per heavy atom. The second-order valence-electron chi connectivity index (χ2n) is 9.14. The summed E-state index contributed by atoms with van der Waals surface area (Å²) in [6.07, 6.45) is 5.25. The fourth-order valence-corrected chi connectivity index (χ4v) is 5.14. The van der Waals surface area contributed by atoms with E-state index in [1.807, 2.05) is 18.2 Å². The van der Waals surface area contributed by atoms with Crippen molar-refractivity contribution in [2.45, 2.75) is 75.2 Å². The lowest BCUT2D eigenvalue weighted by molar-refractivity contribution is -0.142. The van der Waals surface area contributed by atoms with Crippen LogP contribution in [0.3, 0.4) is 0 Å². The van der Waals surface area contributed by atoms with Crippen LogP contribution >= 0.6 is 0 Å². The topological polar surface area (TPSA) is 118 Å². The Labute approximate surface area is 194 Å². The predicted octanol–water partition coefficient (Wildman–Crippen LogP) is 2.29. The highest BCUT2D eigenvalue weighted by molar-refractivity contribution is 5.89. The lowest BCUT2D eigenvalue weighted by Gasteiger charge is -2.37. The van der Waals surface area contributed by atoms with Gasteiger partial charge >= 0.3 is 6.03 Å². The highest BCUT2D eigenvalue weighted by Gasteiger charge is 2.46.